The van der Waals surface area contributed by atoms with Gasteiger partial charge in [-0.1, -0.05) is 32.0 Å². The molecule has 3 amide bonds. The molecule has 0 spiro atoms. The van der Waals surface area contributed by atoms with E-state index in [-0.39, 0.29) is 18.3 Å². The lowest BCUT2D eigenvalue weighted by Gasteiger charge is -2.17. The molecule has 2 aromatic rings. The molecule has 9 nitrogen and oxygen atoms in total. The van der Waals surface area contributed by atoms with E-state index in [9.17, 15) is 18.9 Å². The molecule has 0 radical (unpaired) electrons. The van der Waals surface area contributed by atoms with E-state index in [1.165, 1.54) is 7.11 Å². The lowest BCUT2D eigenvalue weighted by Crippen LogP contribution is -2.36. The molecule has 170 valence electrons. The van der Waals surface area contributed by atoms with Crippen LogP contribution in [0.5, 0.6) is 0 Å². The fraction of sp³-hybridized carbons (Fsp3) is 0.273. The van der Waals surface area contributed by atoms with Crippen LogP contribution in [0.3, 0.4) is 0 Å². The normalized spacial score (nSPS) is 11.9. The number of anilines is 2. The summed E-state index contributed by atoms with van der Waals surface area (Å²) in [5.41, 5.74) is 0.677. The molecule has 0 aliphatic heterocycles. The minimum Gasteiger partial charge on any atom is -0.606 e. The number of nitrogens with one attached hydrogen (secondary N) is 3. The summed E-state index contributed by atoms with van der Waals surface area (Å²) in [4.78, 5) is 40.6. The van der Waals surface area contributed by atoms with Gasteiger partial charge in [-0.3, -0.25) is 14.9 Å². The van der Waals surface area contributed by atoms with Crippen molar-refractivity contribution in [3.05, 3.63) is 48.5 Å². The first-order chi connectivity index (χ1) is 15.4. The summed E-state index contributed by atoms with van der Waals surface area (Å²) in [5.74, 6) is -0.865. The predicted octanol–water partition coefficient (Wildman–Crippen LogP) is 3.65. The number of benzene rings is 2. The molecule has 0 aliphatic carbocycles. The SMILES string of the molecule is CCCC(=O)Nc1cc([S+]([O-])c2ccccc2)ccc1NC(=NC(=O)CC)NC(=O)OC. The monoisotopic (exact) mass is 458 g/mol. The first kappa shape index (κ1) is 24.9. The van der Waals surface area contributed by atoms with Gasteiger partial charge >= 0.3 is 6.09 Å². The Morgan fingerprint density at radius 1 is 1.00 bits per heavy atom. The molecule has 0 bridgehead atoms. The van der Waals surface area contributed by atoms with Gasteiger partial charge in [0.25, 0.3) is 0 Å². The number of aliphatic imine (C=N–C) groups is 1. The molecule has 0 fully saturated rings. The highest BCUT2D eigenvalue weighted by Crippen LogP contribution is 2.29. The number of ether oxygens (including phenoxy) is 1. The van der Waals surface area contributed by atoms with Crippen molar-refractivity contribution in [2.75, 3.05) is 17.7 Å². The third-order valence-corrected chi connectivity index (χ3v) is 5.49. The largest absolute Gasteiger partial charge is 0.606 e. The van der Waals surface area contributed by atoms with Crippen LogP contribution >= 0.6 is 0 Å². The minimum absolute atomic E-state index is 0.128. The lowest BCUT2D eigenvalue weighted by molar-refractivity contribution is -0.117. The van der Waals surface area contributed by atoms with Gasteiger partial charge in [0.15, 0.2) is 9.79 Å². The van der Waals surface area contributed by atoms with Gasteiger partial charge in [0.2, 0.25) is 17.8 Å². The molecular formula is C22H26N4O5S. The van der Waals surface area contributed by atoms with Crippen LogP contribution in [-0.4, -0.2) is 35.5 Å². The van der Waals surface area contributed by atoms with Crippen LogP contribution in [-0.2, 0) is 25.5 Å². The van der Waals surface area contributed by atoms with Crippen molar-refractivity contribution in [3.8, 4) is 0 Å². The van der Waals surface area contributed by atoms with E-state index in [1.54, 1.807) is 49.4 Å². The molecule has 32 heavy (non-hydrogen) atoms. The minimum atomic E-state index is -1.47. The van der Waals surface area contributed by atoms with Crippen molar-refractivity contribution >= 4 is 46.4 Å². The van der Waals surface area contributed by atoms with Crippen LogP contribution in [0.15, 0.2) is 63.3 Å². The molecule has 0 heterocycles. The fourth-order valence-electron chi connectivity index (χ4n) is 2.54. The number of amides is 3. The van der Waals surface area contributed by atoms with Gasteiger partial charge < -0.3 is 19.9 Å². The van der Waals surface area contributed by atoms with Crippen molar-refractivity contribution in [1.29, 1.82) is 0 Å². The summed E-state index contributed by atoms with van der Waals surface area (Å²) in [6.45, 7) is 3.51. The van der Waals surface area contributed by atoms with Crippen LogP contribution in [0.4, 0.5) is 16.2 Å². The maximum absolute atomic E-state index is 12.9. The van der Waals surface area contributed by atoms with Gasteiger partial charge in [-0.2, -0.15) is 4.99 Å². The van der Waals surface area contributed by atoms with E-state index in [0.29, 0.717) is 34.0 Å². The molecule has 1 unspecified atom stereocenters. The Balaban J connectivity index is 2.42. The first-order valence-corrected chi connectivity index (χ1v) is 11.2. The highest BCUT2D eigenvalue weighted by Gasteiger charge is 2.19. The number of carbonyl (C=O) groups is 3. The van der Waals surface area contributed by atoms with Crippen molar-refractivity contribution in [3.63, 3.8) is 0 Å². The van der Waals surface area contributed by atoms with Crippen LogP contribution in [0.25, 0.3) is 0 Å². The number of hydrogen-bond donors (Lipinski definition) is 3. The topological polar surface area (TPSA) is 132 Å². The van der Waals surface area contributed by atoms with Crippen molar-refractivity contribution in [2.45, 2.75) is 42.9 Å². The summed E-state index contributed by atoms with van der Waals surface area (Å²) in [7, 11) is 1.18. The molecule has 10 heteroatoms. The summed E-state index contributed by atoms with van der Waals surface area (Å²) in [6.07, 6.45) is 0.245. The zero-order chi connectivity index (χ0) is 23.5. The Morgan fingerprint density at radius 3 is 2.34 bits per heavy atom. The number of alkyl carbamates (subject to hydrolysis) is 1. The van der Waals surface area contributed by atoms with Gasteiger partial charge in [-0.15, -0.1) is 0 Å². The summed E-state index contributed by atoms with van der Waals surface area (Å²) >= 11 is -1.47. The first-order valence-electron chi connectivity index (χ1n) is 10.0. The molecule has 0 saturated heterocycles. The number of carbonyl (C=O) groups excluding carboxylic acids is 3. The van der Waals surface area contributed by atoms with E-state index in [2.05, 4.69) is 25.7 Å². The van der Waals surface area contributed by atoms with Gasteiger partial charge in [0.05, 0.1) is 18.5 Å². The Morgan fingerprint density at radius 2 is 1.72 bits per heavy atom. The molecule has 0 saturated carbocycles. The molecular weight excluding hydrogens is 432 g/mol. The molecule has 0 aliphatic rings. The highest BCUT2D eigenvalue weighted by atomic mass is 32.2. The van der Waals surface area contributed by atoms with E-state index in [4.69, 9.17) is 0 Å². The lowest BCUT2D eigenvalue weighted by atomic mass is 10.2. The number of rotatable bonds is 7. The summed E-state index contributed by atoms with van der Waals surface area (Å²) in [5, 5.41) is 7.95. The predicted molar refractivity (Wildman–Crippen MR) is 123 cm³/mol. The zero-order valence-electron chi connectivity index (χ0n) is 18.1. The number of hydrogen-bond acceptors (Lipinski definition) is 5. The Hall–Kier alpha value is -3.37. The fourth-order valence-corrected chi connectivity index (χ4v) is 3.63. The summed E-state index contributed by atoms with van der Waals surface area (Å²) in [6, 6.07) is 13.7. The smallest absolute Gasteiger partial charge is 0.413 e. The van der Waals surface area contributed by atoms with Crippen molar-refractivity contribution in [2.24, 2.45) is 4.99 Å². The highest BCUT2D eigenvalue weighted by molar-refractivity contribution is 7.91. The van der Waals surface area contributed by atoms with Gasteiger partial charge in [0.1, 0.15) is 0 Å². The summed E-state index contributed by atoms with van der Waals surface area (Å²) < 4.78 is 17.5. The van der Waals surface area contributed by atoms with Crippen LogP contribution in [0, 0.1) is 0 Å². The second-order valence-corrected chi connectivity index (χ2v) is 8.02. The average molecular weight is 459 g/mol. The van der Waals surface area contributed by atoms with Crippen molar-refractivity contribution < 1.29 is 23.7 Å². The van der Waals surface area contributed by atoms with Crippen molar-refractivity contribution in [1.82, 2.24) is 5.32 Å². The van der Waals surface area contributed by atoms with E-state index < -0.39 is 23.2 Å². The van der Waals surface area contributed by atoms with Crippen LogP contribution in [0.2, 0.25) is 0 Å². The number of methoxy groups -OCH3 is 1. The number of nitrogens with zero attached hydrogens (tertiary/aromatic N) is 1. The number of guanidine groups is 1. The van der Waals surface area contributed by atoms with Crippen LogP contribution in [0.1, 0.15) is 33.1 Å². The van der Waals surface area contributed by atoms with Gasteiger partial charge in [-0.25, -0.2) is 4.79 Å². The Kier molecular flexibility index (Phi) is 9.71. The molecule has 2 aromatic carbocycles. The third kappa shape index (κ3) is 7.40. The average Bonchev–Trinajstić information content (AvgIpc) is 2.80. The maximum Gasteiger partial charge on any atom is 0.413 e. The van der Waals surface area contributed by atoms with Crippen LogP contribution < -0.4 is 16.0 Å². The van der Waals surface area contributed by atoms with Gasteiger partial charge in [-0.05, 0) is 30.7 Å². The Bertz CT molecular complexity index is 982. The van der Waals surface area contributed by atoms with E-state index in [0.717, 1.165) is 0 Å². The third-order valence-electron chi connectivity index (χ3n) is 4.11. The molecule has 1 atom stereocenters. The maximum atomic E-state index is 12.9. The molecule has 3 N–H and O–H groups in total. The standard InChI is InChI=1S/C22H26N4O5S/c1-4-9-20(28)23-18-14-16(32(30)15-10-7-6-8-11-15)12-13-17(18)24-21(25-19(27)5-2)26-22(29)31-3/h6-8,10-14H,4-5,9H2,1-3H3,(H,23,28)(H2,24,25,26,27,29). The molecule has 2 rings (SSSR count). The second-order valence-electron chi connectivity index (χ2n) is 6.54. The molecule has 0 aromatic heterocycles. The second kappa shape index (κ2) is 12.5. The van der Waals surface area contributed by atoms with E-state index >= 15 is 0 Å². The quantitative estimate of drug-likeness (QED) is 0.330. The zero-order valence-corrected chi connectivity index (χ0v) is 19.0. The van der Waals surface area contributed by atoms with Gasteiger partial charge in [0, 0.05) is 30.1 Å². The Labute approximate surface area is 189 Å². The van der Waals surface area contributed by atoms with E-state index in [1.807, 2.05) is 13.0 Å².